The van der Waals surface area contributed by atoms with Crippen LogP contribution >= 0.6 is 0 Å². The molecule has 0 aliphatic carbocycles. The van der Waals surface area contributed by atoms with Gasteiger partial charge in [0.2, 0.25) is 6.29 Å². The van der Waals surface area contributed by atoms with Gasteiger partial charge in [0.15, 0.2) is 9.84 Å². The highest BCUT2D eigenvalue weighted by Gasteiger charge is 2.29. The molecule has 0 aromatic carbocycles. The first-order chi connectivity index (χ1) is 6.16. The van der Waals surface area contributed by atoms with E-state index in [1.54, 1.807) is 0 Å². The summed E-state index contributed by atoms with van der Waals surface area (Å²) in [6.45, 7) is 0. The summed E-state index contributed by atoms with van der Waals surface area (Å²) in [4.78, 5) is 3.88. The van der Waals surface area contributed by atoms with Crippen LogP contribution in [0.25, 0.3) is 0 Å². The zero-order chi connectivity index (χ0) is 9.31. The van der Waals surface area contributed by atoms with E-state index in [4.69, 9.17) is 0 Å². The van der Waals surface area contributed by atoms with E-state index in [0.717, 1.165) is 0 Å². The van der Waals surface area contributed by atoms with E-state index in [0.29, 0.717) is 6.42 Å². The number of azo groups is 1. The van der Waals surface area contributed by atoms with Crippen LogP contribution < -0.4 is 5.32 Å². The monoisotopic (exact) mass is 202 g/mol. The van der Waals surface area contributed by atoms with Crippen molar-refractivity contribution in [2.45, 2.75) is 18.8 Å². The maximum atomic E-state index is 11.1. The van der Waals surface area contributed by atoms with Crippen LogP contribution in [0.2, 0.25) is 0 Å². The molecule has 2 aliphatic heterocycles. The maximum Gasteiger partial charge on any atom is 0.215 e. The van der Waals surface area contributed by atoms with E-state index in [1.165, 1.54) is 6.34 Å². The summed E-state index contributed by atoms with van der Waals surface area (Å²) in [5, 5.41) is 10.3. The van der Waals surface area contributed by atoms with E-state index < -0.39 is 9.84 Å². The van der Waals surface area contributed by atoms with Crippen molar-refractivity contribution in [3.63, 3.8) is 0 Å². The highest BCUT2D eigenvalue weighted by molar-refractivity contribution is 7.91. The van der Waals surface area contributed by atoms with Crippen LogP contribution in [-0.4, -0.2) is 38.6 Å². The van der Waals surface area contributed by atoms with Gasteiger partial charge in [0.1, 0.15) is 6.34 Å². The van der Waals surface area contributed by atoms with Crippen LogP contribution in [0.15, 0.2) is 15.2 Å². The van der Waals surface area contributed by atoms with Crippen molar-refractivity contribution in [3.05, 3.63) is 0 Å². The molecule has 13 heavy (non-hydrogen) atoms. The van der Waals surface area contributed by atoms with Gasteiger partial charge in [-0.2, -0.15) is 0 Å². The second-order valence-corrected chi connectivity index (χ2v) is 5.36. The smallest absolute Gasteiger partial charge is 0.215 e. The Morgan fingerprint density at radius 3 is 2.85 bits per heavy atom. The summed E-state index contributed by atoms with van der Waals surface area (Å²) in [6, 6.07) is -0.0239. The molecule has 1 saturated heterocycles. The minimum absolute atomic E-state index is 0.0239. The number of sulfone groups is 1. The average molecular weight is 202 g/mol. The third-order valence-corrected chi connectivity index (χ3v) is 3.82. The van der Waals surface area contributed by atoms with Crippen molar-refractivity contribution in [3.8, 4) is 0 Å². The Labute approximate surface area is 76.1 Å². The first-order valence-electron chi connectivity index (χ1n) is 4.04. The number of hydrogen-bond acceptors (Lipinski definition) is 6. The number of rotatable bonds is 2. The lowest BCUT2D eigenvalue weighted by Crippen LogP contribution is -2.36. The quantitative estimate of drug-likeness (QED) is 0.657. The third kappa shape index (κ3) is 2.10. The molecule has 2 aliphatic rings. The molecule has 0 spiro atoms. The number of nitrogens with zero attached hydrogens (tertiary/aromatic N) is 3. The molecule has 2 unspecified atom stereocenters. The molecule has 72 valence electrons. The van der Waals surface area contributed by atoms with Gasteiger partial charge < -0.3 is 0 Å². The van der Waals surface area contributed by atoms with Gasteiger partial charge in [-0.3, -0.25) is 5.32 Å². The summed E-state index contributed by atoms with van der Waals surface area (Å²) >= 11 is 0. The summed E-state index contributed by atoms with van der Waals surface area (Å²) in [5.41, 5.74) is 0. The van der Waals surface area contributed by atoms with E-state index in [2.05, 4.69) is 20.5 Å². The van der Waals surface area contributed by atoms with Crippen molar-refractivity contribution in [1.82, 2.24) is 5.32 Å². The largest absolute Gasteiger partial charge is 0.272 e. The van der Waals surface area contributed by atoms with Crippen LogP contribution in [-0.2, 0) is 9.84 Å². The van der Waals surface area contributed by atoms with Gasteiger partial charge in [-0.05, 0) is 6.42 Å². The molecule has 0 aromatic rings. The molecular weight excluding hydrogens is 192 g/mol. The fourth-order valence-corrected chi connectivity index (χ4v) is 3.12. The first-order valence-corrected chi connectivity index (χ1v) is 5.86. The van der Waals surface area contributed by atoms with Crippen molar-refractivity contribution >= 4 is 16.2 Å². The molecule has 6 nitrogen and oxygen atoms in total. The summed E-state index contributed by atoms with van der Waals surface area (Å²) < 4.78 is 22.2. The van der Waals surface area contributed by atoms with Gasteiger partial charge in [-0.1, -0.05) is 0 Å². The molecule has 0 saturated carbocycles. The van der Waals surface area contributed by atoms with Gasteiger partial charge in [0.05, 0.1) is 11.5 Å². The second kappa shape index (κ2) is 3.15. The Kier molecular flexibility index (Phi) is 2.12. The molecule has 2 atom stereocenters. The predicted octanol–water partition coefficient (Wildman–Crippen LogP) is -0.459. The lowest BCUT2D eigenvalue weighted by molar-refractivity contribution is 0.470. The number of hydrogen-bond donors (Lipinski definition) is 1. The summed E-state index contributed by atoms with van der Waals surface area (Å²) in [7, 11) is -2.82. The number of nitrogens with one attached hydrogen (secondary N) is 1. The van der Waals surface area contributed by atoms with Gasteiger partial charge in [0, 0.05) is 6.04 Å². The molecule has 0 bridgehead atoms. The van der Waals surface area contributed by atoms with Crippen LogP contribution in [0, 0.1) is 0 Å². The van der Waals surface area contributed by atoms with Gasteiger partial charge in [0.25, 0.3) is 0 Å². The van der Waals surface area contributed by atoms with Crippen molar-refractivity contribution in [1.29, 1.82) is 0 Å². The standard InChI is InChI=1S/C6H10N4O2S/c11-13(12)2-1-5(3-13)9-6-7-4-8-10-6/h4-6,9H,1-3H2. The Hall–Kier alpha value is -0.820. The molecule has 0 amide bonds. The highest BCUT2D eigenvalue weighted by atomic mass is 32.2. The second-order valence-electron chi connectivity index (χ2n) is 3.14. The lowest BCUT2D eigenvalue weighted by atomic mass is 10.3. The van der Waals surface area contributed by atoms with Gasteiger partial charge in [-0.15, -0.1) is 10.2 Å². The zero-order valence-corrected chi connectivity index (χ0v) is 7.74. The summed E-state index contributed by atoms with van der Waals surface area (Å²) in [5.74, 6) is 0.451. The lowest BCUT2D eigenvalue weighted by Gasteiger charge is -2.11. The molecule has 0 aromatic heterocycles. The molecule has 1 fully saturated rings. The number of aliphatic imine (C=N–C) groups is 1. The Bertz CT molecular complexity index is 336. The maximum absolute atomic E-state index is 11.1. The predicted molar refractivity (Wildman–Crippen MR) is 47.3 cm³/mol. The molecule has 2 rings (SSSR count). The Morgan fingerprint density at radius 2 is 2.31 bits per heavy atom. The normalized spacial score (nSPS) is 35.7. The molecule has 0 radical (unpaired) electrons. The van der Waals surface area contributed by atoms with E-state index in [9.17, 15) is 8.42 Å². The molecular formula is C6H10N4O2S. The first kappa shape index (κ1) is 8.76. The molecule has 1 N–H and O–H groups in total. The topological polar surface area (TPSA) is 83.2 Å². The highest BCUT2D eigenvalue weighted by Crippen LogP contribution is 2.12. The van der Waals surface area contributed by atoms with E-state index >= 15 is 0 Å². The van der Waals surface area contributed by atoms with E-state index in [-0.39, 0.29) is 23.8 Å². The average Bonchev–Trinajstić information content (AvgIpc) is 2.61. The minimum Gasteiger partial charge on any atom is -0.272 e. The Morgan fingerprint density at radius 1 is 1.46 bits per heavy atom. The molecule has 2 heterocycles. The zero-order valence-electron chi connectivity index (χ0n) is 6.92. The van der Waals surface area contributed by atoms with Crippen LogP contribution in [0.4, 0.5) is 0 Å². The van der Waals surface area contributed by atoms with Gasteiger partial charge >= 0.3 is 0 Å². The third-order valence-electron chi connectivity index (χ3n) is 2.05. The van der Waals surface area contributed by atoms with Crippen molar-refractivity contribution in [2.75, 3.05) is 11.5 Å². The van der Waals surface area contributed by atoms with Crippen molar-refractivity contribution < 1.29 is 8.42 Å². The summed E-state index contributed by atoms with van der Waals surface area (Å²) in [6.07, 6.45) is 1.63. The van der Waals surface area contributed by atoms with Crippen molar-refractivity contribution in [2.24, 2.45) is 15.2 Å². The Balaban J connectivity index is 1.91. The fourth-order valence-electron chi connectivity index (χ4n) is 1.43. The minimum atomic E-state index is -2.82. The SMILES string of the molecule is O=S1(=O)CCC(NC2N=CN=N2)C1. The van der Waals surface area contributed by atoms with Crippen LogP contribution in [0.5, 0.6) is 0 Å². The fraction of sp³-hybridized carbons (Fsp3) is 0.833. The van der Waals surface area contributed by atoms with Gasteiger partial charge in [-0.25, -0.2) is 13.4 Å². The van der Waals surface area contributed by atoms with Crippen LogP contribution in [0.1, 0.15) is 6.42 Å². The van der Waals surface area contributed by atoms with E-state index in [1.807, 2.05) is 0 Å². The molecule has 7 heteroatoms. The van der Waals surface area contributed by atoms with Crippen LogP contribution in [0.3, 0.4) is 0 Å².